The molecule has 0 aromatic rings. The van der Waals surface area contributed by atoms with E-state index in [1.165, 1.54) is 6.40 Å². The Bertz CT molecular complexity index is 80.6. The summed E-state index contributed by atoms with van der Waals surface area (Å²) in [6.45, 7) is 8.78. The van der Waals surface area contributed by atoms with Crippen molar-refractivity contribution in [2.45, 2.75) is 13.0 Å². The molecule has 0 spiro atoms. The van der Waals surface area contributed by atoms with E-state index in [0.717, 1.165) is 6.61 Å². The first-order valence-electron chi connectivity index (χ1n) is 2.53. The molecular weight excluding hydrogens is 102 g/mol. The Balaban J connectivity index is 0.000000222. The summed E-state index contributed by atoms with van der Waals surface area (Å²) >= 11 is 0. The van der Waals surface area contributed by atoms with Gasteiger partial charge in [0.25, 0.3) is 0 Å². The van der Waals surface area contributed by atoms with E-state index < -0.39 is 0 Å². The number of hydrogen-bond donors (Lipinski definition) is 0. The Hall–Kier alpha value is -0.790. The highest BCUT2D eigenvalue weighted by molar-refractivity contribution is 5.48. The number of ether oxygens (including phenoxy) is 1. The van der Waals surface area contributed by atoms with Crippen molar-refractivity contribution in [3.63, 3.8) is 0 Å². The van der Waals surface area contributed by atoms with Crippen LogP contribution in [0, 0.1) is 0 Å². The maximum atomic E-state index is 4.77. The van der Waals surface area contributed by atoms with Gasteiger partial charge in [-0.15, -0.1) is 13.2 Å². The molecule has 1 aliphatic heterocycles. The van der Waals surface area contributed by atoms with Crippen LogP contribution in [0.5, 0.6) is 0 Å². The van der Waals surface area contributed by atoms with Crippen molar-refractivity contribution in [3.8, 4) is 0 Å². The molecule has 1 heterocycles. The fourth-order valence-electron chi connectivity index (χ4n) is 0.372. The molecule has 2 heteroatoms. The smallest absolute Gasteiger partial charge is 0.169 e. The first-order chi connectivity index (χ1) is 3.89. The first kappa shape index (κ1) is 7.21. The Morgan fingerprint density at radius 1 is 1.75 bits per heavy atom. The number of hydrogen-bond acceptors (Lipinski definition) is 2. The zero-order valence-corrected chi connectivity index (χ0v) is 5.13. The lowest BCUT2D eigenvalue weighted by atomic mass is 10.4. The lowest BCUT2D eigenvalue weighted by Crippen LogP contribution is -1.97. The van der Waals surface area contributed by atoms with E-state index in [1.54, 1.807) is 0 Å². The molecule has 0 amide bonds. The summed E-state index contributed by atoms with van der Waals surface area (Å²) in [6, 6.07) is 0.394. The van der Waals surface area contributed by atoms with Gasteiger partial charge in [0.05, 0.1) is 6.04 Å². The molecule has 1 rings (SSSR count). The monoisotopic (exact) mass is 113 g/mol. The molecule has 0 saturated carbocycles. The van der Waals surface area contributed by atoms with Gasteiger partial charge in [-0.05, 0) is 6.92 Å². The minimum absolute atomic E-state index is 0.394. The Labute approximate surface area is 49.9 Å². The van der Waals surface area contributed by atoms with Crippen LogP contribution in [0.15, 0.2) is 18.2 Å². The van der Waals surface area contributed by atoms with Crippen LogP contribution < -0.4 is 0 Å². The Morgan fingerprint density at radius 3 is 2.50 bits per heavy atom. The zero-order chi connectivity index (χ0) is 6.41. The molecule has 1 aliphatic rings. The summed E-state index contributed by atoms with van der Waals surface area (Å²) in [6.07, 6.45) is 1.50. The van der Waals surface area contributed by atoms with E-state index in [4.69, 9.17) is 4.74 Å². The van der Waals surface area contributed by atoms with Crippen molar-refractivity contribution in [1.29, 1.82) is 0 Å². The second kappa shape index (κ2) is 4.37. The maximum Gasteiger partial charge on any atom is 0.169 e. The van der Waals surface area contributed by atoms with Crippen molar-refractivity contribution < 1.29 is 4.74 Å². The maximum absolute atomic E-state index is 4.77. The summed E-state index contributed by atoms with van der Waals surface area (Å²) in [5.74, 6) is 0. The second-order valence-electron chi connectivity index (χ2n) is 1.44. The molecule has 8 heavy (non-hydrogen) atoms. The van der Waals surface area contributed by atoms with Gasteiger partial charge >= 0.3 is 0 Å². The molecule has 0 aliphatic carbocycles. The molecule has 46 valence electrons. The summed E-state index contributed by atoms with van der Waals surface area (Å²) < 4.78 is 4.77. The van der Waals surface area contributed by atoms with Crippen LogP contribution in [0.4, 0.5) is 0 Å². The Kier molecular flexibility index (Phi) is 3.94. The van der Waals surface area contributed by atoms with E-state index in [1.807, 2.05) is 6.92 Å². The van der Waals surface area contributed by atoms with E-state index in [-0.39, 0.29) is 0 Å². The lowest BCUT2D eigenvalue weighted by molar-refractivity contribution is 0.335. The van der Waals surface area contributed by atoms with Crippen LogP contribution in [0.1, 0.15) is 6.92 Å². The fraction of sp³-hybridized carbons (Fsp3) is 0.500. The molecule has 2 nitrogen and oxygen atoms in total. The standard InChI is InChI=1S/C4H7NO.C2H4/c1-4-2-6-3-5-4;1-2/h3-4H,2H2,1H3;1-2H2. The van der Waals surface area contributed by atoms with E-state index in [2.05, 4.69) is 18.2 Å². The third kappa shape index (κ3) is 2.39. The summed E-state index contributed by atoms with van der Waals surface area (Å²) in [4.78, 5) is 3.89. The predicted octanol–water partition coefficient (Wildman–Crippen LogP) is 1.24. The molecule has 1 unspecified atom stereocenters. The number of aliphatic imine (C=N–C) groups is 1. The molecular formula is C6H11NO. The van der Waals surface area contributed by atoms with Crippen LogP contribution in [0.2, 0.25) is 0 Å². The van der Waals surface area contributed by atoms with Crippen LogP contribution in [0.3, 0.4) is 0 Å². The van der Waals surface area contributed by atoms with Crippen molar-refractivity contribution in [3.05, 3.63) is 13.2 Å². The van der Waals surface area contributed by atoms with Crippen molar-refractivity contribution in [2.75, 3.05) is 6.61 Å². The predicted molar refractivity (Wildman–Crippen MR) is 35.2 cm³/mol. The molecule has 0 bridgehead atoms. The van der Waals surface area contributed by atoms with Crippen molar-refractivity contribution in [2.24, 2.45) is 4.99 Å². The quantitative estimate of drug-likeness (QED) is 0.433. The molecule has 0 aromatic carbocycles. The van der Waals surface area contributed by atoms with Crippen molar-refractivity contribution in [1.82, 2.24) is 0 Å². The highest BCUT2D eigenvalue weighted by Gasteiger charge is 2.00. The average Bonchev–Trinajstić information content (AvgIpc) is 2.24. The van der Waals surface area contributed by atoms with E-state index in [0.29, 0.717) is 6.04 Å². The average molecular weight is 113 g/mol. The van der Waals surface area contributed by atoms with Gasteiger partial charge in [0, 0.05) is 0 Å². The molecule has 0 fully saturated rings. The van der Waals surface area contributed by atoms with Crippen LogP contribution >= 0.6 is 0 Å². The van der Waals surface area contributed by atoms with Crippen LogP contribution in [-0.4, -0.2) is 19.0 Å². The van der Waals surface area contributed by atoms with Crippen LogP contribution in [0.25, 0.3) is 0 Å². The van der Waals surface area contributed by atoms with Gasteiger partial charge in [-0.25, -0.2) is 0 Å². The van der Waals surface area contributed by atoms with Gasteiger partial charge in [-0.1, -0.05) is 0 Å². The lowest BCUT2D eigenvalue weighted by Gasteiger charge is -1.88. The van der Waals surface area contributed by atoms with Crippen LogP contribution in [-0.2, 0) is 4.74 Å². The third-order valence-electron chi connectivity index (χ3n) is 0.727. The largest absolute Gasteiger partial charge is 0.481 e. The zero-order valence-electron chi connectivity index (χ0n) is 5.13. The number of nitrogens with zero attached hydrogens (tertiary/aromatic N) is 1. The third-order valence-corrected chi connectivity index (χ3v) is 0.727. The van der Waals surface area contributed by atoms with Crippen molar-refractivity contribution >= 4 is 6.40 Å². The molecule has 0 aromatic heterocycles. The highest BCUT2D eigenvalue weighted by Crippen LogP contribution is 1.94. The van der Waals surface area contributed by atoms with E-state index in [9.17, 15) is 0 Å². The molecule has 0 N–H and O–H groups in total. The molecule has 1 atom stereocenters. The molecule has 0 radical (unpaired) electrons. The van der Waals surface area contributed by atoms with Gasteiger partial charge in [-0.3, -0.25) is 4.99 Å². The van der Waals surface area contributed by atoms with Gasteiger partial charge in [0.1, 0.15) is 6.61 Å². The SMILES string of the molecule is C=C.CC1COC=N1. The topological polar surface area (TPSA) is 21.6 Å². The van der Waals surface area contributed by atoms with E-state index >= 15 is 0 Å². The second-order valence-corrected chi connectivity index (χ2v) is 1.44. The van der Waals surface area contributed by atoms with Gasteiger partial charge in [0.2, 0.25) is 0 Å². The highest BCUT2D eigenvalue weighted by atomic mass is 16.5. The summed E-state index contributed by atoms with van der Waals surface area (Å²) in [5, 5.41) is 0. The van der Waals surface area contributed by atoms with Gasteiger partial charge in [-0.2, -0.15) is 0 Å². The minimum atomic E-state index is 0.394. The summed E-state index contributed by atoms with van der Waals surface area (Å²) in [5.41, 5.74) is 0. The summed E-state index contributed by atoms with van der Waals surface area (Å²) in [7, 11) is 0. The fourth-order valence-corrected chi connectivity index (χ4v) is 0.372. The normalized spacial score (nSPS) is 23.4. The minimum Gasteiger partial charge on any atom is -0.481 e. The Morgan fingerprint density at radius 2 is 2.38 bits per heavy atom. The molecule has 0 saturated heterocycles. The van der Waals surface area contributed by atoms with Gasteiger partial charge in [0.15, 0.2) is 6.40 Å². The first-order valence-corrected chi connectivity index (χ1v) is 2.53. The number of rotatable bonds is 0. The van der Waals surface area contributed by atoms with Gasteiger partial charge < -0.3 is 4.74 Å².